The maximum absolute atomic E-state index is 14.1. The zero-order chi connectivity index (χ0) is 20.0. The molecule has 1 heterocycles. The Kier molecular flexibility index (Phi) is 4.95. The van der Waals surface area contributed by atoms with Crippen LogP contribution in [0.3, 0.4) is 0 Å². The van der Waals surface area contributed by atoms with Crippen molar-refractivity contribution >= 4 is 11.6 Å². The molecule has 1 aromatic carbocycles. The molecule has 0 unspecified atom stereocenters. The molecular weight excluding hydrogens is 396 g/mol. The van der Waals surface area contributed by atoms with E-state index in [4.69, 9.17) is 0 Å². The van der Waals surface area contributed by atoms with Gasteiger partial charge in [0.15, 0.2) is 0 Å². The van der Waals surface area contributed by atoms with Gasteiger partial charge < -0.3 is 0 Å². The van der Waals surface area contributed by atoms with Crippen LogP contribution in [0.25, 0.3) is 11.3 Å². The minimum Gasteiger partial charge on any atom is -0.233 e. The number of nitrogens with zero attached hydrogens (tertiary/aromatic N) is 2. The number of aromatic nitrogens is 2. The summed E-state index contributed by atoms with van der Waals surface area (Å²) in [6.07, 6.45) is 0. The Labute approximate surface area is 146 Å². The van der Waals surface area contributed by atoms with E-state index in [1.807, 2.05) is 0 Å². The molecule has 2 nitrogen and oxygen atoms in total. The molecule has 0 radical (unpaired) electrons. The average molecular weight is 405 g/mol. The van der Waals surface area contributed by atoms with Crippen molar-refractivity contribution in [2.24, 2.45) is 0 Å². The van der Waals surface area contributed by atoms with Gasteiger partial charge in [-0.25, -0.2) is 9.97 Å². The molecule has 0 bridgehead atoms. The third kappa shape index (κ3) is 3.22. The Balaban J connectivity index is 2.61. The minimum absolute atomic E-state index is 0.202. The van der Waals surface area contributed by atoms with E-state index in [1.165, 1.54) is 24.3 Å². The van der Waals surface area contributed by atoms with E-state index >= 15 is 0 Å². The summed E-state index contributed by atoms with van der Waals surface area (Å²) in [5, 5.41) is -5.91. The largest absolute Gasteiger partial charge is 0.393 e. The molecule has 0 spiro atoms. The summed E-state index contributed by atoms with van der Waals surface area (Å²) in [5.41, 5.74) is -1.91. The Morgan fingerprint density at radius 3 is 1.85 bits per heavy atom. The number of aryl methyl sites for hydroxylation is 1. The van der Waals surface area contributed by atoms with E-state index in [0.29, 0.717) is 6.07 Å². The smallest absolute Gasteiger partial charge is 0.233 e. The second-order valence-electron chi connectivity index (χ2n) is 5.27. The maximum atomic E-state index is 14.1. The van der Waals surface area contributed by atoms with E-state index < -0.39 is 34.7 Å². The molecule has 1 aromatic heterocycles. The standard InChI is InChI=1S/C15H9ClF8N2/c1-8-25-10(9-5-3-2-4-6-9)7-11(26-8)12(17,18)13(19,20)14(21,22)15(16,23)24/h2-7H,1H3. The van der Waals surface area contributed by atoms with Crippen LogP contribution in [0, 0.1) is 6.92 Å². The van der Waals surface area contributed by atoms with Crippen LogP contribution in [0.15, 0.2) is 36.4 Å². The first-order valence-electron chi connectivity index (χ1n) is 6.83. The predicted molar refractivity (Wildman–Crippen MR) is 76.8 cm³/mol. The van der Waals surface area contributed by atoms with Crippen molar-refractivity contribution < 1.29 is 35.1 Å². The van der Waals surface area contributed by atoms with Gasteiger partial charge >= 0.3 is 23.1 Å². The molecule has 0 atom stereocenters. The minimum atomic E-state index is -6.54. The SMILES string of the molecule is Cc1nc(-c2ccccc2)cc(C(F)(F)C(F)(F)C(F)(F)C(F)(F)Cl)n1. The predicted octanol–water partition coefficient (Wildman–Crippen LogP) is 5.65. The lowest BCUT2D eigenvalue weighted by atomic mass is 10.00. The lowest BCUT2D eigenvalue weighted by molar-refractivity contribution is -0.353. The molecule has 2 aromatic rings. The number of hydrogen-bond donors (Lipinski definition) is 0. The number of rotatable bonds is 5. The molecule has 0 aliphatic rings. The van der Waals surface area contributed by atoms with E-state index in [-0.39, 0.29) is 11.3 Å². The second-order valence-corrected chi connectivity index (χ2v) is 5.75. The van der Waals surface area contributed by atoms with Gasteiger partial charge in [0, 0.05) is 5.56 Å². The maximum Gasteiger partial charge on any atom is 0.393 e. The van der Waals surface area contributed by atoms with Crippen LogP contribution in [-0.4, -0.2) is 27.2 Å². The van der Waals surface area contributed by atoms with Gasteiger partial charge in [-0.15, -0.1) is 0 Å². The molecule has 0 saturated carbocycles. The van der Waals surface area contributed by atoms with Gasteiger partial charge in [0.25, 0.3) is 0 Å². The van der Waals surface area contributed by atoms with Crippen molar-refractivity contribution in [2.75, 3.05) is 0 Å². The number of hydrogen-bond acceptors (Lipinski definition) is 2. The Morgan fingerprint density at radius 1 is 0.808 bits per heavy atom. The lowest BCUT2D eigenvalue weighted by Gasteiger charge is -2.34. The summed E-state index contributed by atoms with van der Waals surface area (Å²) in [7, 11) is 0. The highest BCUT2D eigenvalue weighted by Gasteiger charge is 2.81. The third-order valence-corrected chi connectivity index (χ3v) is 3.61. The molecule has 0 amide bonds. The first-order valence-corrected chi connectivity index (χ1v) is 7.21. The quantitative estimate of drug-likeness (QED) is 0.475. The number of alkyl halides is 9. The van der Waals surface area contributed by atoms with Crippen LogP contribution in [0.2, 0.25) is 0 Å². The molecule has 26 heavy (non-hydrogen) atoms. The Morgan fingerprint density at radius 2 is 1.35 bits per heavy atom. The second kappa shape index (κ2) is 6.33. The zero-order valence-corrected chi connectivity index (χ0v) is 13.5. The fourth-order valence-electron chi connectivity index (χ4n) is 2.02. The molecule has 2 rings (SSSR count). The highest BCUT2D eigenvalue weighted by atomic mass is 35.5. The van der Waals surface area contributed by atoms with Crippen LogP contribution in [0.1, 0.15) is 11.5 Å². The number of halogens is 9. The van der Waals surface area contributed by atoms with Crippen molar-refractivity contribution in [1.82, 2.24) is 9.97 Å². The van der Waals surface area contributed by atoms with E-state index in [0.717, 1.165) is 6.92 Å². The third-order valence-electron chi connectivity index (χ3n) is 3.37. The van der Waals surface area contributed by atoms with Crippen LogP contribution in [-0.2, 0) is 5.92 Å². The summed E-state index contributed by atoms with van der Waals surface area (Å²) in [6, 6.07) is 7.67. The molecule has 11 heteroatoms. The van der Waals surface area contributed by atoms with Gasteiger partial charge in [-0.3, -0.25) is 0 Å². The van der Waals surface area contributed by atoms with Crippen LogP contribution in [0.4, 0.5) is 35.1 Å². The normalized spacial score (nSPS) is 13.8. The molecule has 0 aliphatic carbocycles. The Bertz CT molecular complexity index is 790. The molecule has 0 aliphatic heterocycles. The van der Waals surface area contributed by atoms with E-state index in [2.05, 4.69) is 21.6 Å². The van der Waals surface area contributed by atoms with Crippen molar-refractivity contribution in [3.8, 4) is 11.3 Å². The topological polar surface area (TPSA) is 25.8 Å². The van der Waals surface area contributed by atoms with Gasteiger partial charge in [0.2, 0.25) is 0 Å². The van der Waals surface area contributed by atoms with Gasteiger partial charge in [-0.2, -0.15) is 35.1 Å². The van der Waals surface area contributed by atoms with Gasteiger partial charge in [-0.05, 0) is 24.6 Å². The van der Waals surface area contributed by atoms with Crippen LogP contribution in [0.5, 0.6) is 0 Å². The summed E-state index contributed by atoms with van der Waals surface area (Å²) in [5.74, 6) is -19.3. The van der Waals surface area contributed by atoms with Crippen LogP contribution >= 0.6 is 11.6 Å². The van der Waals surface area contributed by atoms with Crippen molar-refractivity contribution in [3.63, 3.8) is 0 Å². The molecular formula is C15H9ClF8N2. The fourth-order valence-corrected chi connectivity index (χ4v) is 2.14. The zero-order valence-electron chi connectivity index (χ0n) is 12.8. The summed E-state index contributed by atoms with van der Waals surface area (Å²) in [6.45, 7) is 1.05. The highest BCUT2D eigenvalue weighted by Crippen LogP contribution is 2.57. The van der Waals surface area contributed by atoms with E-state index in [9.17, 15) is 35.1 Å². The van der Waals surface area contributed by atoms with Crippen molar-refractivity contribution in [2.45, 2.75) is 30.1 Å². The summed E-state index contributed by atoms with van der Waals surface area (Å²) >= 11 is 3.93. The van der Waals surface area contributed by atoms with Crippen LogP contribution < -0.4 is 0 Å². The average Bonchev–Trinajstić information content (AvgIpc) is 2.53. The lowest BCUT2D eigenvalue weighted by Crippen LogP contribution is -2.59. The first-order chi connectivity index (χ1) is 11.7. The Hall–Kier alpha value is -1.97. The van der Waals surface area contributed by atoms with Crippen molar-refractivity contribution in [3.05, 3.63) is 47.9 Å². The van der Waals surface area contributed by atoms with Crippen molar-refractivity contribution in [1.29, 1.82) is 0 Å². The molecule has 142 valence electrons. The van der Waals surface area contributed by atoms with Gasteiger partial charge in [0.1, 0.15) is 11.5 Å². The molecule has 0 saturated heterocycles. The highest BCUT2D eigenvalue weighted by molar-refractivity contribution is 6.22. The summed E-state index contributed by atoms with van der Waals surface area (Å²) in [4.78, 5) is 6.79. The summed E-state index contributed by atoms with van der Waals surface area (Å²) < 4.78 is 107. The first kappa shape index (κ1) is 20.3. The molecule has 0 N–H and O–H groups in total. The fraction of sp³-hybridized carbons (Fsp3) is 0.333. The number of benzene rings is 1. The monoisotopic (exact) mass is 404 g/mol. The van der Waals surface area contributed by atoms with Gasteiger partial charge in [-0.1, -0.05) is 30.3 Å². The van der Waals surface area contributed by atoms with E-state index in [1.54, 1.807) is 6.07 Å². The van der Waals surface area contributed by atoms with Gasteiger partial charge in [0.05, 0.1) is 5.69 Å². The molecule has 0 fully saturated rings.